The number of unbranched alkanes of at least 4 members (excludes halogenated alkanes) is 40. The lowest BCUT2D eigenvalue weighted by Crippen LogP contribution is -2.02. The van der Waals surface area contributed by atoms with Crippen molar-refractivity contribution < 1.29 is 0 Å². The molecule has 0 aliphatic carbocycles. The first-order valence-corrected chi connectivity index (χ1v) is 25.5. The van der Waals surface area contributed by atoms with Gasteiger partial charge in [-0.15, -0.1) is 0 Å². The Bertz CT molecular complexity index is 785. The number of hydrogen-bond donors (Lipinski definition) is 0. The van der Waals surface area contributed by atoms with Crippen LogP contribution in [0.4, 0.5) is 0 Å². The summed E-state index contributed by atoms with van der Waals surface area (Å²) in [4.78, 5) is 9.69. The Morgan fingerprint density at radius 2 is 0.481 bits per heavy atom. The van der Waals surface area contributed by atoms with Crippen LogP contribution in [0.3, 0.4) is 0 Å². The van der Waals surface area contributed by atoms with Crippen LogP contribution in [0, 0.1) is 6.42 Å². The maximum absolute atomic E-state index is 4.84. The highest BCUT2D eigenvalue weighted by Gasteiger charge is 2.05. The summed E-state index contributed by atoms with van der Waals surface area (Å²) in [5.41, 5.74) is 2.55. The molecule has 2 nitrogen and oxygen atoms in total. The van der Waals surface area contributed by atoms with Gasteiger partial charge >= 0.3 is 0 Å². The van der Waals surface area contributed by atoms with E-state index in [1.165, 1.54) is 281 Å². The Morgan fingerprint density at radius 1 is 0.296 bits per heavy atom. The molecule has 0 saturated heterocycles. The van der Waals surface area contributed by atoms with Crippen LogP contribution in [0.2, 0.25) is 0 Å². The van der Waals surface area contributed by atoms with Crippen molar-refractivity contribution in [2.75, 3.05) is 0 Å². The minimum absolute atomic E-state index is 0.939. The van der Waals surface area contributed by atoms with E-state index in [1.54, 1.807) is 0 Å². The van der Waals surface area contributed by atoms with Crippen LogP contribution in [0.25, 0.3) is 0 Å². The molecule has 0 aromatic carbocycles. The number of hydrogen-bond acceptors (Lipinski definition) is 2. The smallest absolute Gasteiger partial charge is 0.132 e. The maximum Gasteiger partial charge on any atom is 0.132 e. The first kappa shape index (κ1) is 51.1. The minimum Gasteiger partial charge on any atom is -0.238 e. The standard InChI is InChI=1S/C52H99N2/c1-4-7-9-11-13-15-17-19-21-23-25-27-29-31-33-35-37-39-41-43-45-47-50-49-51(54-52(6-3)53-50)48-46-44-42-40-38-36-34-32-30-28-26-24-22-20-18-16-14-12-10-8-5-2/h6,49H,4-5,7-48H2,1-3H3. The van der Waals surface area contributed by atoms with E-state index in [9.17, 15) is 0 Å². The van der Waals surface area contributed by atoms with Gasteiger partial charge in [0, 0.05) is 17.8 Å². The monoisotopic (exact) mass is 752 g/mol. The molecule has 54 heavy (non-hydrogen) atoms. The van der Waals surface area contributed by atoms with E-state index in [0.29, 0.717) is 0 Å². The molecule has 0 atom stereocenters. The Morgan fingerprint density at radius 3 is 0.667 bits per heavy atom. The van der Waals surface area contributed by atoms with Gasteiger partial charge in [-0.2, -0.15) is 0 Å². The number of aryl methyl sites for hydroxylation is 2. The third kappa shape index (κ3) is 36.7. The fourth-order valence-electron chi connectivity index (χ4n) is 8.44. The van der Waals surface area contributed by atoms with E-state index in [0.717, 1.165) is 18.7 Å². The third-order valence-electron chi connectivity index (χ3n) is 12.2. The second-order valence-corrected chi connectivity index (χ2v) is 17.6. The van der Waals surface area contributed by atoms with Gasteiger partial charge in [0.2, 0.25) is 0 Å². The van der Waals surface area contributed by atoms with Crippen molar-refractivity contribution in [3.05, 3.63) is 29.7 Å². The van der Waals surface area contributed by atoms with Gasteiger partial charge in [0.25, 0.3) is 0 Å². The highest BCUT2D eigenvalue weighted by molar-refractivity contribution is 5.15. The first-order valence-electron chi connectivity index (χ1n) is 25.5. The summed E-state index contributed by atoms with van der Waals surface area (Å²) < 4.78 is 0. The van der Waals surface area contributed by atoms with Crippen molar-refractivity contribution in [1.29, 1.82) is 0 Å². The van der Waals surface area contributed by atoms with Crippen LogP contribution in [-0.2, 0) is 12.8 Å². The molecule has 0 spiro atoms. The SMILES string of the molecule is C[CH]c1nc(CCCCCCCCCCCCCCCCCCCCCCC)cc(CCCCCCCCCCCCCCCCCCCCCCC)n1. The molecule has 1 aromatic heterocycles. The molecule has 1 aromatic rings. The highest BCUT2D eigenvalue weighted by atomic mass is 14.9. The predicted molar refractivity (Wildman–Crippen MR) is 244 cm³/mol. The molecule has 317 valence electrons. The maximum atomic E-state index is 4.84. The van der Waals surface area contributed by atoms with Gasteiger partial charge in [-0.25, -0.2) is 9.97 Å². The Hall–Kier alpha value is -0.920. The van der Waals surface area contributed by atoms with Crippen LogP contribution in [0.5, 0.6) is 0 Å². The molecule has 0 aliphatic heterocycles. The van der Waals surface area contributed by atoms with Crippen molar-refractivity contribution in [1.82, 2.24) is 9.97 Å². The topological polar surface area (TPSA) is 25.8 Å². The Kier molecular flexibility index (Phi) is 40.9. The van der Waals surface area contributed by atoms with E-state index >= 15 is 0 Å². The molecule has 1 heterocycles. The van der Waals surface area contributed by atoms with Crippen LogP contribution < -0.4 is 0 Å². The van der Waals surface area contributed by atoms with Gasteiger partial charge in [-0.3, -0.25) is 0 Å². The van der Waals surface area contributed by atoms with Gasteiger partial charge in [-0.1, -0.05) is 278 Å². The number of rotatable bonds is 45. The molecular weight excluding hydrogens is 653 g/mol. The molecule has 0 saturated carbocycles. The van der Waals surface area contributed by atoms with E-state index in [4.69, 9.17) is 9.97 Å². The lowest BCUT2D eigenvalue weighted by molar-refractivity contribution is 0.520. The molecule has 0 fully saturated rings. The van der Waals surface area contributed by atoms with Crippen molar-refractivity contribution >= 4 is 0 Å². The van der Waals surface area contributed by atoms with Gasteiger partial charge in [0.1, 0.15) is 5.82 Å². The van der Waals surface area contributed by atoms with Crippen LogP contribution in [-0.4, -0.2) is 9.97 Å². The quantitative estimate of drug-likeness (QED) is 0.0620. The summed E-state index contributed by atoms with van der Waals surface area (Å²) in [5, 5.41) is 0. The van der Waals surface area contributed by atoms with E-state index in [1.807, 2.05) is 0 Å². The molecule has 0 amide bonds. The Balaban J connectivity index is 1.89. The minimum atomic E-state index is 0.939. The zero-order valence-corrected chi connectivity index (χ0v) is 37.7. The molecule has 0 aliphatic rings. The van der Waals surface area contributed by atoms with Crippen molar-refractivity contribution in [3.63, 3.8) is 0 Å². The second-order valence-electron chi connectivity index (χ2n) is 17.6. The molecule has 0 N–H and O–H groups in total. The van der Waals surface area contributed by atoms with E-state index < -0.39 is 0 Å². The lowest BCUT2D eigenvalue weighted by atomic mass is 10.0. The summed E-state index contributed by atoms with van der Waals surface area (Å²) in [5.74, 6) is 0.939. The molecule has 1 radical (unpaired) electrons. The fraction of sp³-hybridized carbons (Fsp3) is 0.904. The zero-order valence-electron chi connectivity index (χ0n) is 37.7. The van der Waals surface area contributed by atoms with Crippen LogP contribution >= 0.6 is 0 Å². The van der Waals surface area contributed by atoms with Gasteiger partial charge < -0.3 is 0 Å². The van der Waals surface area contributed by atoms with E-state index in [2.05, 4.69) is 33.3 Å². The summed E-state index contributed by atoms with van der Waals surface area (Å²) >= 11 is 0. The summed E-state index contributed by atoms with van der Waals surface area (Å²) in [6.07, 6.45) is 64.8. The highest BCUT2D eigenvalue weighted by Crippen LogP contribution is 2.18. The summed E-state index contributed by atoms with van der Waals surface area (Å²) in [6.45, 7) is 6.70. The van der Waals surface area contributed by atoms with Crippen molar-refractivity contribution in [2.24, 2.45) is 0 Å². The van der Waals surface area contributed by atoms with Crippen molar-refractivity contribution in [2.45, 2.75) is 303 Å². The largest absolute Gasteiger partial charge is 0.238 e. The normalized spacial score (nSPS) is 11.6. The van der Waals surface area contributed by atoms with E-state index in [-0.39, 0.29) is 0 Å². The van der Waals surface area contributed by atoms with Crippen LogP contribution in [0.1, 0.15) is 308 Å². The molecule has 0 unspecified atom stereocenters. The molecular formula is C52H99N2. The van der Waals surface area contributed by atoms with Gasteiger partial charge in [0.05, 0.1) is 0 Å². The average Bonchev–Trinajstić information content (AvgIpc) is 3.19. The number of aromatic nitrogens is 2. The first-order chi connectivity index (χ1) is 26.8. The summed E-state index contributed by atoms with van der Waals surface area (Å²) in [7, 11) is 0. The van der Waals surface area contributed by atoms with Crippen LogP contribution in [0.15, 0.2) is 6.07 Å². The Labute approximate surface area is 341 Å². The summed E-state index contributed by atoms with van der Waals surface area (Å²) in [6, 6.07) is 2.32. The second kappa shape index (κ2) is 43.2. The molecule has 0 bridgehead atoms. The van der Waals surface area contributed by atoms with Gasteiger partial charge in [-0.05, 0) is 31.7 Å². The van der Waals surface area contributed by atoms with Gasteiger partial charge in [0.15, 0.2) is 0 Å². The third-order valence-corrected chi connectivity index (χ3v) is 12.2. The predicted octanol–water partition coefficient (Wildman–Crippen LogP) is 18.6. The zero-order chi connectivity index (χ0) is 38.7. The average molecular weight is 752 g/mol. The molecule has 2 heteroatoms. The fourth-order valence-corrected chi connectivity index (χ4v) is 8.44. The molecule has 1 rings (SSSR count). The lowest BCUT2D eigenvalue weighted by Gasteiger charge is -2.08. The van der Waals surface area contributed by atoms with Crippen molar-refractivity contribution in [3.8, 4) is 0 Å². The number of nitrogens with zero attached hydrogens (tertiary/aromatic N) is 2.